The highest BCUT2D eigenvalue weighted by Crippen LogP contribution is 2.39. The summed E-state index contributed by atoms with van der Waals surface area (Å²) in [5.74, 6) is -0.211. The highest BCUT2D eigenvalue weighted by Gasteiger charge is 2.35. The van der Waals surface area contributed by atoms with E-state index in [0.29, 0.717) is 29.4 Å². The van der Waals surface area contributed by atoms with Crippen LogP contribution in [0.25, 0.3) is 16.7 Å². The molecule has 2 atom stereocenters. The number of halogens is 1. The Labute approximate surface area is 240 Å². The minimum atomic E-state index is -3.80. The van der Waals surface area contributed by atoms with E-state index in [0.717, 1.165) is 24.0 Å². The number of nitrogens with one attached hydrogen (secondary N) is 2. The molecule has 2 unspecified atom stereocenters. The maximum Gasteiger partial charge on any atom is 0.237 e. The number of hydrogen-bond donors (Lipinski definition) is 2. The van der Waals surface area contributed by atoms with E-state index in [4.69, 9.17) is 4.98 Å². The maximum atomic E-state index is 14.6. The molecular weight excluding hydrogens is 541 g/mol. The lowest BCUT2D eigenvalue weighted by molar-refractivity contribution is 0.227. The minimum absolute atomic E-state index is 0.113. The van der Waals surface area contributed by atoms with Crippen LogP contribution in [0.2, 0.25) is 0 Å². The number of fused-ring (bicyclic) bond motifs is 4. The highest BCUT2D eigenvalue weighted by molar-refractivity contribution is 7.94. The zero-order valence-corrected chi connectivity index (χ0v) is 24.8. The predicted molar refractivity (Wildman–Crippen MR) is 162 cm³/mol. The van der Waals surface area contributed by atoms with Crippen LogP contribution in [0.1, 0.15) is 39.2 Å². The summed E-state index contributed by atoms with van der Waals surface area (Å²) in [4.78, 5) is 14.2. The fraction of sp³-hybridized carbons (Fsp3) is 0.400. The predicted octanol–water partition coefficient (Wildman–Crippen LogP) is 5.30. The number of sulfonamides is 1. The largest absolute Gasteiger partial charge is 0.368 e. The Morgan fingerprint density at radius 3 is 2.66 bits per heavy atom. The molecule has 0 bridgehead atoms. The molecule has 0 amide bonds. The van der Waals surface area contributed by atoms with Crippen molar-refractivity contribution in [2.75, 3.05) is 35.6 Å². The zero-order valence-electron chi connectivity index (χ0n) is 24.0. The molecule has 0 spiro atoms. The molecule has 1 fully saturated rings. The number of anilines is 4. The van der Waals surface area contributed by atoms with Crippen LogP contribution in [0, 0.1) is 5.82 Å². The molecule has 2 aliphatic rings. The Bertz CT molecular complexity index is 1730. The van der Waals surface area contributed by atoms with Crippen LogP contribution in [0.4, 0.5) is 27.4 Å². The second kappa shape index (κ2) is 9.99. The number of rotatable bonds is 6. The molecule has 0 radical (unpaired) electrons. The van der Waals surface area contributed by atoms with Gasteiger partial charge in [-0.3, -0.25) is 4.72 Å². The number of nitrogens with zero attached hydrogens (tertiary/aromatic N) is 5. The lowest BCUT2D eigenvalue weighted by Gasteiger charge is -2.39. The van der Waals surface area contributed by atoms with E-state index in [1.54, 1.807) is 37.6 Å². The summed E-state index contributed by atoms with van der Waals surface area (Å²) in [7, 11) is 0.535. The topological polar surface area (TPSA) is 95.4 Å². The molecule has 4 heterocycles. The van der Waals surface area contributed by atoms with Gasteiger partial charge in [0.2, 0.25) is 16.0 Å². The maximum absolute atomic E-state index is 14.6. The summed E-state index contributed by atoms with van der Waals surface area (Å²) in [6.07, 6.45) is 6.93. The number of benzene rings is 2. The molecule has 2 aliphatic heterocycles. The summed E-state index contributed by atoms with van der Waals surface area (Å²) in [6.45, 7) is 5.77. The molecule has 216 valence electrons. The average Bonchev–Trinajstić information content (AvgIpc) is 3.49. The van der Waals surface area contributed by atoms with Gasteiger partial charge in [-0.25, -0.2) is 17.8 Å². The number of aromatic nitrogens is 3. The van der Waals surface area contributed by atoms with Gasteiger partial charge in [0.1, 0.15) is 11.5 Å². The molecule has 2 N–H and O–H groups in total. The summed E-state index contributed by atoms with van der Waals surface area (Å²) < 4.78 is 43.1. The van der Waals surface area contributed by atoms with Crippen molar-refractivity contribution in [1.29, 1.82) is 0 Å². The van der Waals surface area contributed by atoms with Gasteiger partial charge in [-0.1, -0.05) is 0 Å². The van der Waals surface area contributed by atoms with Crippen LogP contribution in [0.15, 0.2) is 54.9 Å². The first-order chi connectivity index (χ1) is 19.4. The monoisotopic (exact) mass is 577 g/mol. The first-order valence-corrected chi connectivity index (χ1v) is 15.4. The van der Waals surface area contributed by atoms with Crippen LogP contribution < -0.4 is 14.9 Å². The molecular formula is C30H36FN7O2S. The van der Waals surface area contributed by atoms with Crippen molar-refractivity contribution in [2.24, 2.45) is 0 Å². The van der Waals surface area contributed by atoms with Crippen LogP contribution in [0.3, 0.4) is 0 Å². The second-order valence-electron chi connectivity index (χ2n) is 12.2. The van der Waals surface area contributed by atoms with Crippen molar-refractivity contribution < 1.29 is 12.8 Å². The van der Waals surface area contributed by atoms with E-state index in [2.05, 4.69) is 57.1 Å². The standard InChI is InChI=1S/C30H36FN7O2S/c1-30(2,3)41(39,40)35-26-17-23(7-8-25(26)31)38-12-10-19-18-32-29(34-28(19)38)33-21-6-9-27-20(14-21)15-24-16-22(36(4)5)11-13-37(24)27/h6-10,12,14,17-18,22,24,35H,11,13,15-16H2,1-5H3,(H,32,33,34). The molecule has 11 heteroatoms. The van der Waals surface area contributed by atoms with Crippen LogP contribution >= 0.6 is 0 Å². The molecule has 41 heavy (non-hydrogen) atoms. The van der Waals surface area contributed by atoms with E-state index in [1.807, 2.05) is 12.3 Å². The average molecular weight is 578 g/mol. The van der Waals surface area contributed by atoms with Crippen molar-refractivity contribution in [3.05, 3.63) is 66.2 Å². The molecule has 9 nitrogen and oxygen atoms in total. The quantitative estimate of drug-likeness (QED) is 0.321. The molecule has 2 aromatic heterocycles. The lowest BCUT2D eigenvalue weighted by Crippen LogP contribution is -2.46. The highest BCUT2D eigenvalue weighted by atomic mass is 32.2. The number of piperidine rings is 1. The van der Waals surface area contributed by atoms with Crippen molar-refractivity contribution in [1.82, 2.24) is 19.4 Å². The van der Waals surface area contributed by atoms with E-state index in [9.17, 15) is 12.8 Å². The summed E-state index contributed by atoms with van der Waals surface area (Å²) >= 11 is 0. The van der Waals surface area contributed by atoms with E-state index in [-0.39, 0.29) is 5.69 Å². The second-order valence-corrected chi connectivity index (χ2v) is 14.6. The normalized spacial score (nSPS) is 19.0. The van der Waals surface area contributed by atoms with Crippen molar-refractivity contribution in [2.45, 2.75) is 56.9 Å². The lowest BCUT2D eigenvalue weighted by atomic mass is 9.96. The van der Waals surface area contributed by atoms with Crippen molar-refractivity contribution in [3.63, 3.8) is 0 Å². The van der Waals surface area contributed by atoms with Crippen LogP contribution in [-0.2, 0) is 16.4 Å². The van der Waals surface area contributed by atoms with Gasteiger partial charge < -0.3 is 19.7 Å². The first-order valence-electron chi connectivity index (χ1n) is 13.9. The van der Waals surface area contributed by atoms with Gasteiger partial charge in [-0.05, 0) is 102 Å². The van der Waals surface area contributed by atoms with Gasteiger partial charge >= 0.3 is 0 Å². The molecule has 1 saturated heterocycles. The third-order valence-corrected chi connectivity index (χ3v) is 10.3. The Balaban J connectivity index is 1.26. The van der Waals surface area contributed by atoms with Crippen molar-refractivity contribution in [3.8, 4) is 5.69 Å². The third-order valence-electron chi connectivity index (χ3n) is 8.22. The Kier molecular flexibility index (Phi) is 6.69. The van der Waals surface area contributed by atoms with Gasteiger partial charge in [0.05, 0.1) is 10.4 Å². The molecule has 6 rings (SSSR count). The van der Waals surface area contributed by atoms with E-state index >= 15 is 0 Å². The molecule has 2 aromatic carbocycles. The Morgan fingerprint density at radius 1 is 1.10 bits per heavy atom. The summed E-state index contributed by atoms with van der Waals surface area (Å²) in [6, 6.07) is 13.8. The fourth-order valence-electron chi connectivity index (χ4n) is 5.73. The van der Waals surface area contributed by atoms with Crippen molar-refractivity contribution >= 4 is 44.1 Å². The Hall–Kier alpha value is -3.70. The zero-order chi connectivity index (χ0) is 29.1. The van der Waals surface area contributed by atoms with Crippen LogP contribution in [0.5, 0.6) is 0 Å². The third kappa shape index (κ3) is 5.12. The SMILES string of the molecule is CN(C)C1CCN2c3ccc(Nc4ncc5ccn(-c6ccc(F)c(NS(=O)(=O)C(C)(C)C)c6)c5n4)cc3CC2C1. The molecule has 0 saturated carbocycles. The van der Waals surface area contributed by atoms with Gasteiger partial charge in [-0.2, -0.15) is 4.98 Å². The summed E-state index contributed by atoms with van der Waals surface area (Å²) in [5, 5.41) is 4.16. The summed E-state index contributed by atoms with van der Waals surface area (Å²) in [5.41, 5.74) is 4.65. The van der Waals surface area contributed by atoms with E-state index in [1.165, 1.54) is 36.2 Å². The minimum Gasteiger partial charge on any atom is -0.368 e. The van der Waals surface area contributed by atoms with Crippen LogP contribution in [-0.4, -0.2) is 65.3 Å². The van der Waals surface area contributed by atoms with Gasteiger partial charge in [0.25, 0.3) is 0 Å². The molecule has 4 aromatic rings. The smallest absolute Gasteiger partial charge is 0.237 e. The van der Waals surface area contributed by atoms with Gasteiger partial charge in [0, 0.05) is 53.5 Å². The first kappa shape index (κ1) is 27.5. The van der Waals surface area contributed by atoms with Gasteiger partial charge in [-0.15, -0.1) is 0 Å². The van der Waals surface area contributed by atoms with Gasteiger partial charge in [0.15, 0.2) is 0 Å². The Morgan fingerprint density at radius 2 is 1.90 bits per heavy atom. The fourth-order valence-corrected chi connectivity index (χ4v) is 6.48. The van der Waals surface area contributed by atoms with E-state index < -0.39 is 20.6 Å². The number of hydrogen-bond acceptors (Lipinski definition) is 7. The molecule has 0 aliphatic carbocycles.